The zero-order valence-corrected chi connectivity index (χ0v) is 14.8. The quantitative estimate of drug-likeness (QED) is 0.668. The number of benzene rings is 1. The molecule has 0 aromatic heterocycles. The molecular weight excluding hydrogens is 289 g/mol. The van der Waals surface area contributed by atoms with Crippen molar-refractivity contribution in [1.82, 2.24) is 5.32 Å². The van der Waals surface area contributed by atoms with E-state index in [1.54, 1.807) is 0 Å². The third kappa shape index (κ3) is 5.27. The second-order valence-electron chi connectivity index (χ2n) is 6.68. The van der Waals surface area contributed by atoms with Crippen LogP contribution in [-0.2, 0) is 0 Å². The predicted octanol–water partition coefficient (Wildman–Crippen LogP) is 6.11. The summed E-state index contributed by atoms with van der Waals surface area (Å²) in [7, 11) is 0. The number of nitrogens with one attached hydrogen (secondary N) is 1. The largest absolute Gasteiger partial charge is 0.310 e. The van der Waals surface area contributed by atoms with Crippen molar-refractivity contribution in [3.05, 3.63) is 33.8 Å². The summed E-state index contributed by atoms with van der Waals surface area (Å²) in [6.45, 7) is 12.4. The van der Waals surface area contributed by atoms with Gasteiger partial charge < -0.3 is 5.32 Å². The molecule has 20 heavy (non-hydrogen) atoms. The Morgan fingerprint density at radius 2 is 1.85 bits per heavy atom. The van der Waals surface area contributed by atoms with Crippen LogP contribution < -0.4 is 5.32 Å². The lowest BCUT2D eigenvalue weighted by atomic mass is 9.77. The number of hydrogen-bond donors (Lipinski definition) is 1. The molecule has 0 spiro atoms. The summed E-state index contributed by atoms with van der Waals surface area (Å²) in [5.41, 5.74) is 1.45. The molecular formula is C17H27Cl2N. The van der Waals surface area contributed by atoms with Crippen molar-refractivity contribution in [3.8, 4) is 0 Å². The molecule has 3 heteroatoms. The molecule has 0 fully saturated rings. The first-order valence-electron chi connectivity index (χ1n) is 7.44. The van der Waals surface area contributed by atoms with Crippen LogP contribution in [0.4, 0.5) is 0 Å². The van der Waals surface area contributed by atoms with Gasteiger partial charge in [-0.1, -0.05) is 63.9 Å². The van der Waals surface area contributed by atoms with Crippen molar-refractivity contribution < 1.29 is 0 Å². The molecule has 2 atom stereocenters. The molecule has 0 aliphatic heterocycles. The first-order valence-corrected chi connectivity index (χ1v) is 8.19. The van der Waals surface area contributed by atoms with Crippen molar-refractivity contribution in [3.63, 3.8) is 0 Å². The molecule has 2 unspecified atom stereocenters. The molecule has 0 heterocycles. The van der Waals surface area contributed by atoms with E-state index in [1.807, 2.05) is 18.2 Å². The van der Waals surface area contributed by atoms with E-state index in [0.717, 1.165) is 30.0 Å². The van der Waals surface area contributed by atoms with Gasteiger partial charge in [0, 0.05) is 16.1 Å². The van der Waals surface area contributed by atoms with E-state index in [-0.39, 0.29) is 6.04 Å². The summed E-state index contributed by atoms with van der Waals surface area (Å²) in [4.78, 5) is 0. The molecule has 0 amide bonds. The number of hydrogen-bond acceptors (Lipinski definition) is 1. The summed E-state index contributed by atoms with van der Waals surface area (Å²) in [5.74, 6) is 0.601. The van der Waals surface area contributed by atoms with E-state index in [1.165, 1.54) is 0 Å². The fourth-order valence-electron chi connectivity index (χ4n) is 2.13. The third-order valence-electron chi connectivity index (χ3n) is 4.05. The zero-order valence-electron chi connectivity index (χ0n) is 13.3. The van der Waals surface area contributed by atoms with Crippen molar-refractivity contribution in [2.24, 2.45) is 11.3 Å². The molecule has 1 aromatic rings. The fraction of sp³-hybridized carbons (Fsp3) is 0.647. The zero-order chi connectivity index (χ0) is 15.3. The molecule has 0 aliphatic carbocycles. The highest BCUT2D eigenvalue weighted by Crippen LogP contribution is 2.36. The van der Waals surface area contributed by atoms with E-state index in [2.05, 4.69) is 39.9 Å². The van der Waals surface area contributed by atoms with Crippen LogP contribution in [0.1, 0.15) is 59.1 Å². The maximum atomic E-state index is 6.38. The molecule has 0 aliphatic rings. The fourth-order valence-corrected chi connectivity index (χ4v) is 2.67. The molecule has 114 valence electrons. The maximum Gasteiger partial charge on any atom is 0.0468 e. The van der Waals surface area contributed by atoms with E-state index in [9.17, 15) is 0 Å². The van der Waals surface area contributed by atoms with E-state index < -0.39 is 0 Å². The Kier molecular flexibility index (Phi) is 6.84. The molecule has 0 radical (unpaired) electrons. The third-order valence-corrected chi connectivity index (χ3v) is 4.61. The predicted molar refractivity (Wildman–Crippen MR) is 90.7 cm³/mol. The maximum absolute atomic E-state index is 6.38. The normalized spacial score (nSPS) is 15.2. The smallest absolute Gasteiger partial charge is 0.0468 e. The molecule has 1 rings (SSSR count). The first-order chi connectivity index (χ1) is 9.25. The lowest BCUT2D eigenvalue weighted by Gasteiger charge is -2.32. The van der Waals surface area contributed by atoms with Gasteiger partial charge in [-0.25, -0.2) is 0 Å². The van der Waals surface area contributed by atoms with E-state index in [4.69, 9.17) is 23.2 Å². The average Bonchev–Trinajstić information content (AvgIpc) is 2.33. The summed E-state index contributed by atoms with van der Waals surface area (Å²) in [6, 6.07) is 6.09. The van der Waals surface area contributed by atoms with Gasteiger partial charge in [-0.2, -0.15) is 0 Å². The molecule has 1 nitrogen and oxygen atoms in total. The monoisotopic (exact) mass is 315 g/mol. The van der Waals surface area contributed by atoms with Crippen LogP contribution in [0, 0.1) is 11.3 Å². The van der Waals surface area contributed by atoms with Crippen LogP contribution in [0.3, 0.4) is 0 Å². The Morgan fingerprint density at radius 3 is 2.35 bits per heavy atom. The van der Waals surface area contributed by atoms with Crippen LogP contribution >= 0.6 is 23.2 Å². The Hall–Kier alpha value is -0.240. The van der Waals surface area contributed by atoms with Crippen molar-refractivity contribution in [2.45, 2.75) is 53.5 Å². The SMILES string of the molecule is CCCNC(CC(C)C(C)(C)C)c1ccc(Cl)cc1Cl. The summed E-state index contributed by atoms with van der Waals surface area (Å²) in [5, 5.41) is 5.07. The van der Waals surface area contributed by atoms with Crippen LogP contribution in [0.25, 0.3) is 0 Å². The van der Waals surface area contributed by atoms with Gasteiger partial charge in [-0.05, 0) is 48.4 Å². The number of rotatable bonds is 6. The van der Waals surface area contributed by atoms with Gasteiger partial charge in [0.1, 0.15) is 0 Å². The van der Waals surface area contributed by atoms with Crippen molar-refractivity contribution in [2.75, 3.05) is 6.54 Å². The highest BCUT2D eigenvalue weighted by atomic mass is 35.5. The lowest BCUT2D eigenvalue weighted by molar-refractivity contribution is 0.223. The van der Waals surface area contributed by atoms with Crippen molar-refractivity contribution in [1.29, 1.82) is 0 Å². The molecule has 0 saturated heterocycles. The Bertz CT molecular complexity index is 423. The van der Waals surface area contributed by atoms with Gasteiger partial charge in [0.2, 0.25) is 0 Å². The first kappa shape index (κ1) is 17.8. The van der Waals surface area contributed by atoms with Crippen LogP contribution in [0.5, 0.6) is 0 Å². The second kappa shape index (κ2) is 7.68. The minimum atomic E-state index is 0.286. The molecule has 1 aromatic carbocycles. The topological polar surface area (TPSA) is 12.0 Å². The minimum Gasteiger partial charge on any atom is -0.310 e. The van der Waals surface area contributed by atoms with Gasteiger partial charge >= 0.3 is 0 Å². The average molecular weight is 316 g/mol. The van der Waals surface area contributed by atoms with Gasteiger partial charge in [-0.15, -0.1) is 0 Å². The molecule has 0 saturated carbocycles. The standard InChI is InChI=1S/C17H27Cl2N/c1-6-9-20-16(10-12(2)17(3,4)5)14-8-7-13(18)11-15(14)19/h7-8,11-12,16,20H,6,9-10H2,1-5H3. The highest BCUT2D eigenvalue weighted by Gasteiger charge is 2.25. The summed E-state index contributed by atoms with van der Waals surface area (Å²) >= 11 is 12.4. The van der Waals surface area contributed by atoms with Gasteiger partial charge in [0.25, 0.3) is 0 Å². The second-order valence-corrected chi connectivity index (χ2v) is 7.52. The minimum absolute atomic E-state index is 0.286. The van der Waals surface area contributed by atoms with Gasteiger partial charge in [0.05, 0.1) is 0 Å². The van der Waals surface area contributed by atoms with Crippen LogP contribution in [-0.4, -0.2) is 6.54 Å². The van der Waals surface area contributed by atoms with E-state index in [0.29, 0.717) is 16.4 Å². The Labute approximate surface area is 134 Å². The van der Waals surface area contributed by atoms with Gasteiger partial charge in [0.15, 0.2) is 0 Å². The number of halogens is 2. The van der Waals surface area contributed by atoms with Crippen LogP contribution in [0.15, 0.2) is 18.2 Å². The highest BCUT2D eigenvalue weighted by molar-refractivity contribution is 6.35. The molecule has 1 N–H and O–H groups in total. The van der Waals surface area contributed by atoms with Crippen LogP contribution in [0.2, 0.25) is 10.0 Å². The van der Waals surface area contributed by atoms with Gasteiger partial charge in [-0.3, -0.25) is 0 Å². The Morgan fingerprint density at radius 1 is 1.20 bits per heavy atom. The van der Waals surface area contributed by atoms with Crippen molar-refractivity contribution >= 4 is 23.2 Å². The van der Waals surface area contributed by atoms with E-state index >= 15 is 0 Å². The Balaban J connectivity index is 2.93. The summed E-state index contributed by atoms with van der Waals surface area (Å²) < 4.78 is 0. The lowest BCUT2D eigenvalue weighted by Crippen LogP contribution is -2.28. The summed E-state index contributed by atoms with van der Waals surface area (Å²) in [6.07, 6.45) is 2.19. The molecule has 0 bridgehead atoms.